The Hall–Kier alpha value is -2.46. The van der Waals surface area contributed by atoms with Crippen LogP contribution in [-0.2, 0) is 13.0 Å². The second-order valence-electron chi connectivity index (χ2n) is 8.00. The van der Waals surface area contributed by atoms with E-state index in [1.54, 1.807) is 10.5 Å². The molecule has 0 saturated heterocycles. The van der Waals surface area contributed by atoms with E-state index in [4.69, 9.17) is 4.98 Å². The average Bonchev–Trinajstić information content (AvgIpc) is 2.67. The minimum absolute atomic E-state index is 0.00660. The number of fused-ring (bicyclic) bond motifs is 1. The van der Waals surface area contributed by atoms with Gasteiger partial charge in [-0.2, -0.15) is 0 Å². The van der Waals surface area contributed by atoms with Gasteiger partial charge in [0.05, 0.1) is 0 Å². The maximum atomic E-state index is 12.5. The molecular weight excluding hydrogens is 346 g/mol. The van der Waals surface area contributed by atoms with Crippen LogP contribution in [0.2, 0.25) is 0 Å². The normalized spacial score (nSPS) is 12.6. The molecule has 0 amide bonds. The third-order valence-corrected chi connectivity index (χ3v) is 5.42. The lowest BCUT2D eigenvalue weighted by molar-refractivity contribution is -0.717. The SMILES string of the molecule is CCCCc1ccc([C@@H]([NH2+]Cc2cc(=O)n3c(C)cccc3n2)C(C)C)cc1. The third kappa shape index (κ3) is 4.68. The number of pyridine rings is 1. The Balaban J connectivity index is 1.77. The second-order valence-corrected chi connectivity index (χ2v) is 8.00. The van der Waals surface area contributed by atoms with Crippen molar-refractivity contribution in [3.05, 3.63) is 81.4 Å². The summed E-state index contributed by atoms with van der Waals surface area (Å²) in [7, 11) is 0. The third-order valence-electron chi connectivity index (χ3n) is 5.42. The Labute approximate surface area is 167 Å². The van der Waals surface area contributed by atoms with Crippen molar-refractivity contribution in [3.63, 3.8) is 0 Å². The van der Waals surface area contributed by atoms with E-state index in [1.165, 1.54) is 24.0 Å². The smallest absolute Gasteiger partial charge is 0.258 e. The minimum Gasteiger partial charge on any atom is -0.335 e. The van der Waals surface area contributed by atoms with Crippen LogP contribution in [-0.4, -0.2) is 9.38 Å². The van der Waals surface area contributed by atoms with E-state index < -0.39 is 0 Å². The highest BCUT2D eigenvalue weighted by Crippen LogP contribution is 2.19. The summed E-state index contributed by atoms with van der Waals surface area (Å²) in [4.78, 5) is 17.2. The number of aromatic nitrogens is 2. The summed E-state index contributed by atoms with van der Waals surface area (Å²) in [6, 6.07) is 16.8. The summed E-state index contributed by atoms with van der Waals surface area (Å²) < 4.78 is 1.67. The van der Waals surface area contributed by atoms with Crippen molar-refractivity contribution in [2.24, 2.45) is 5.92 Å². The number of unbranched alkanes of at least 4 members (excludes halogenated alkanes) is 1. The van der Waals surface area contributed by atoms with Gasteiger partial charge in [0.15, 0.2) is 0 Å². The van der Waals surface area contributed by atoms with E-state index in [2.05, 4.69) is 50.4 Å². The monoisotopic (exact) mass is 378 g/mol. The molecule has 3 rings (SSSR count). The van der Waals surface area contributed by atoms with Crippen LogP contribution >= 0.6 is 0 Å². The maximum Gasteiger partial charge on any atom is 0.258 e. The Morgan fingerprint density at radius 1 is 1.11 bits per heavy atom. The predicted molar refractivity (Wildman–Crippen MR) is 114 cm³/mol. The van der Waals surface area contributed by atoms with E-state index in [1.807, 2.05) is 25.1 Å². The zero-order chi connectivity index (χ0) is 20.1. The summed E-state index contributed by atoms with van der Waals surface area (Å²) in [6.45, 7) is 9.35. The number of aryl methyl sites for hydroxylation is 2. The second kappa shape index (κ2) is 9.16. The van der Waals surface area contributed by atoms with Crippen molar-refractivity contribution < 1.29 is 5.32 Å². The standard InChI is InChI=1S/C24H31N3O/c1-5-6-9-19-11-13-20(14-12-19)24(17(2)3)25-16-21-15-23(28)27-18(4)8-7-10-22(27)26-21/h7-8,10-15,17,24-25H,5-6,9,16H2,1-4H3/p+1/t24-/m0/s1. The van der Waals surface area contributed by atoms with Gasteiger partial charge in [0.1, 0.15) is 23.9 Å². The molecule has 1 aromatic carbocycles. The van der Waals surface area contributed by atoms with Gasteiger partial charge >= 0.3 is 0 Å². The summed E-state index contributed by atoms with van der Waals surface area (Å²) >= 11 is 0. The lowest BCUT2D eigenvalue weighted by atomic mass is 9.94. The molecule has 2 aromatic heterocycles. The molecule has 148 valence electrons. The summed E-state index contributed by atoms with van der Waals surface area (Å²) in [5.41, 5.74) is 5.20. The maximum absolute atomic E-state index is 12.5. The van der Waals surface area contributed by atoms with Crippen molar-refractivity contribution >= 4 is 5.65 Å². The van der Waals surface area contributed by atoms with Gasteiger partial charge in [0.2, 0.25) is 0 Å². The number of quaternary nitrogens is 1. The number of hydrogen-bond donors (Lipinski definition) is 1. The highest BCUT2D eigenvalue weighted by molar-refractivity contribution is 5.40. The van der Waals surface area contributed by atoms with E-state index in [9.17, 15) is 4.79 Å². The van der Waals surface area contributed by atoms with Crippen molar-refractivity contribution in [2.45, 2.75) is 59.5 Å². The van der Waals surface area contributed by atoms with Crippen molar-refractivity contribution in [3.8, 4) is 0 Å². The molecule has 28 heavy (non-hydrogen) atoms. The molecule has 0 radical (unpaired) electrons. The Morgan fingerprint density at radius 2 is 1.86 bits per heavy atom. The first-order valence-corrected chi connectivity index (χ1v) is 10.4. The summed E-state index contributed by atoms with van der Waals surface area (Å²) in [5, 5.41) is 2.31. The molecule has 1 atom stereocenters. The molecule has 0 fully saturated rings. The van der Waals surface area contributed by atoms with Gasteiger partial charge in [-0.05, 0) is 37.5 Å². The molecule has 2 heterocycles. The summed E-state index contributed by atoms with van der Waals surface area (Å²) in [5.74, 6) is 0.491. The molecule has 2 N–H and O–H groups in total. The number of benzene rings is 1. The number of nitrogens with zero attached hydrogens (tertiary/aromatic N) is 2. The van der Waals surface area contributed by atoms with E-state index in [0.29, 0.717) is 18.5 Å². The van der Waals surface area contributed by atoms with Crippen LogP contribution in [0.5, 0.6) is 0 Å². The van der Waals surface area contributed by atoms with Gasteiger partial charge < -0.3 is 5.32 Å². The van der Waals surface area contributed by atoms with Crippen LogP contribution in [0.15, 0.2) is 53.3 Å². The first-order chi connectivity index (χ1) is 13.5. The fourth-order valence-corrected chi connectivity index (χ4v) is 3.80. The number of rotatable bonds is 8. The first kappa shape index (κ1) is 20.3. The lowest BCUT2D eigenvalue weighted by Gasteiger charge is -2.20. The molecule has 4 heteroatoms. The minimum atomic E-state index is -0.00660. The molecular formula is C24H32N3O+. The molecule has 0 spiro atoms. The fraction of sp³-hybridized carbons (Fsp3) is 0.417. The Morgan fingerprint density at radius 3 is 2.54 bits per heavy atom. The molecule has 0 unspecified atom stereocenters. The highest BCUT2D eigenvalue weighted by atomic mass is 16.1. The highest BCUT2D eigenvalue weighted by Gasteiger charge is 2.19. The van der Waals surface area contributed by atoms with Crippen LogP contribution in [0.3, 0.4) is 0 Å². The molecule has 4 nitrogen and oxygen atoms in total. The Bertz CT molecular complexity index is 973. The Kier molecular flexibility index (Phi) is 6.63. The number of hydrogen-bond acceptors (Lipinski definition) is 2. The van der Waals surface area contributed by atoms with Crippen LogP contribution in [0.25, 0.3) is 5.65 Å². The van der Waals surface area contributed by atoms with Crippen molar-refractivity contribution in [1.82, 2.24) is 9.38 Å². The van der Waals surface area contributed by atoms with Crippen LogP contribution in [0.4, 0.5) is 0 Å². The molecule has 0 bridgehead atoms. The van der Waals surface area contributed by atoms with Crippen LogP contribution < -0.4 is 10.9 Å². The zero-order valence-corrected chi connectivity index (χ0v) is 17.5. The van der Waals surface area contributed by atoms with Gasteiger partial charge in [-0.25, -0.2) is 4.98 Å². The fourth-order valence-electron chi connectivity index (χ4n) is 3.80. The molecule has 0 aliphatic carbocycles. The first-order valence-electron chi connectivity index (χ1n) is 10.4. The van der Waals surface area contributed by atoms with Gasteiger partial charge in [0.25, 0.3) is 5.56 Å². The van der Waals surface area contributed by atoms with Gasteiger partial charge in [-0.15, -0.1) is 0 Å². The van der Waals surface area contributed by atoms with Gasteiger partial charge in [0, 0.05) is 23.2 Å². The van der Waals surface area contributed by atoms with Crippen LogP contribution in [0.1, 0.15) is 62.2 Å². The zero-order valence-electron chi connectivity index (χ0n) is 17.5. The lowest BCUT2D eigenvalue weighted by Crippen LogP contribution is -2.84. The largest absolute Gasteiger partial charge is 0.335 e. The van der Waals surface area contributed by atoms with Gasteiger partial charge in [-0.1, -0.05) is 57.5 Å². The summed E-state index contributed by atoms with van der Waals surface area (Å²) in [6.07, 6.45) is 3.61. The molecule has 0 aliphatic rings. The topological polar surface area (TPSA) is 51.0 Å². The quantitative estimate of drug-likeness (QED) is 0.648. The molecule has 0 saturated carbocycles. The number of nitrogens with two attached hydrogens (primary N) is 1. The molecule has 0 aliphatic heterocycles. The average molecular weight is 379 g/mol. The van der Waals surface area contributed by atoms with E-state index >= 15 is 0 Å². The van der Waals surface area contributed by atoms with Crippen molar-refractivity contribution in [2.75, 3.05) is 0 Å². The van der Waals surface area contributed by atoms with Crippen molar-refractivity contribution in [1.29, 1.82) is 0 Å². The van der Waals surface area contributed by atoms with E-state index in [0.717, 1.165) is 23.5 Å². The molecule has 3 aromatic rings. The predicted octanol–water partition coefficient (Wildman–Crippen LogP) is 3.81. The van der Waals surface area contributed by atoms with E-state index in [-0.39, 0.29) is 5.56 Å². The van der Waals surface area contributed by atoms with Crippen LogP contribution in [0, 0.1) is 12.8 Å². The van der Waals surface area contributed by atoms with Gasteiger partial charge in [-0.3, -0.25) is 9.20 Å².